The van der Waals surface area contributed by atoms with Crippen LogP contribution in [0.3, 0.4) is 0 Å². The van der Waals surface area contributed by atoms with Gasteiger partial charge in [-0.2, -0.15) is 0 Å². The van der Waals surface area contributed by atoms with Gasteiger partial charge in [-0.05, 0) is 96.3 Å². The topological polar surface area (TPSA) is 140 Å². The standard InChI is InChI=1S/C57H104O9/c1-4-7-10-31-40-51(58)43-34-25-19-13-16-22-28-37-46-55(61)64-49-54(66-57(63)48-39-30-24-18-15-21-27-36-45-53(60)42-33-12-9-6-3)50-65-56(62)47-38-29-23-17-14-20-26-35-44-52(59)41-32-11-8-5-2/h25-27,34-36,51-54,58-60H,4-24,28-33,37-50H2,1-3H3/b34-25-,35-26-,36-27-/t51-,52+,53-,54?/m1/s1. The summed E-state index contributed by atoms with van der Waals surface area (Å²) in [6.45, 7) is 6.33. The highest BCUT2D eigenvalue weighted by atomic mass is 16.6. The van der Waals surface area contributed by atoms with Crippen LogP contribution in [-0.4, -0.2) is 70.9 Å². The van der Waals surface area contributed by atoms with E-state index in [9.17, 15) is 29.7 Å². The smallest absolute Gasteiger partial charge is 0.306 e. The minimum absolute atomic E-state index is 0.132. The number of hydrogen-bond donors (Lipinski definition) is 3. The average molecular weight is 933 g/mol. The van der Waals surface area contributed by atoms with Crippen molar-refractivity contribution in [2.45, 2.75) is 296 Å². The van der Waals surface area contributed by atoms with Gasteiger partial charge in [0.05, 0.1) is 18.3 Å². The third-order valence-electron chi connectivity index (χ3n) is 12.3. The van der Waals surface area contributed by atoms with Crippen LogP contribution < -0.4 is 0 Å². The summed E-state index contributed by atoms with van der Waals surface area (Å²) >= 11 is 0. The molecule has 0 fully saturated rings. The zero-order valence-electron chi connectivity index (χ0n) is 43.1. The van der Waals surface area contributed by atoms with E-state index in [1.165, 1.54) is 57.8 Å². The van der Waals surface area contributed by atoms with Gasteiger partial charge in [-0.1, -0.05) is 192 Å². The fraction of sp³-hybridized carbons (Fsp3) is 0.842. The van der Waals surface area contributed by atoms with Gasteiger partial charge in [0, 0.05) is 19.3 Å². The van der Waals surface area contributed by atoms with Gasteiger partial charge in [-0.3, -0.25) is 14.4 Å². The molecule has 1 unspecified atom stereocenters. The maximum atomic E-state index is 12.8. The SMILES string of the molecule is CCCCCC[C@H](O)C/C=C\CCCCCCCC(=O)OCC(COC(=O)CCCCCCC/C=C\C[C@H](O)CCCCCC)OC(=O)CCCCCCC/C=C\C[C@H](O)CCCCCC. The number of carbonyl (C=O) groups is 3. The van der Waals surface area contributed by atoms with Crippen LogP contribution in [0.4, 0.5) is 0 Å². The zero-order chi connectivity index (χ0) is 48.4. The summed E-state index contributed by atoms with van der Waals surface area (Å²) in [6.07, 6.45) is 48.9. The highest BCUT2D eigenvalue weighted by Crippen LogP contribution is 2.15. The Labute approximate surface area is 405 Å². The molecule has 0 aliphatic rings. The van der Waals surface area contributed by atoms with Crippen molar-refractivity contribution in [3.05, 3.63) is 36.5 Å². The van der Waals surface area contributed by atoms with E-state index in [1.807, 2.05) is 0 Å². The fourth-order valence-electron chi connectivity index (χ4n) is 7.95. The highest BCUT2D eigenvalue weighted by Gasteiger charge is 2.19. The number of unbranched alkanes of at least 4 members (excludes halogenated alkanes) is 24. The molecular formula is C57H104O9. The molecule has 3 N–H and O–H groups in total. The van der Waals surface area contributed by atoms with E-state index >= 15 is 0 Å². The van der Waals surface area contributed by atoms with Crippen molar-refractivity contribution in [1.29, 1.82) is 0 Å². The minimum atomic E-state index is -0.836. The van der Waals surface area contributed by atoms with Crippen molar-refractivity contribution >= 4 is 17.9 Å². The molecule has 4 atom stereocenters. The van der Waals surface area contributed by atoms with Gasteiger partial charge in [0.15, 0.2) is 6.10 Å². The van der Waals surface area contributed by atoms with Crippen LogP contribution >= 0.6 is 0 Å². The Kier molecular flexibility index (Phi) is 48.5. The van der Waals surface area contributed by atoms with Crippen LogP contribution in [-0.2, 0) is 28.6 Å². The number of ether oxygens (including phenoxy) is 3. The van der Waals surface area contributed by atoms with Gasteiger partial charge in [-0.25, -0.2) is 0 Å². The lowest BCUT2D eigenvalue weighted by atomic mass is 10.1. The summed E-state index contributed by atoms with van der Waals surface area (Å²) in [4.78, 5) is 38.1. The second-order valence-electron chi connectivity index (χ2n) is 19.0. The Bertz CT molecular complexity index is 1110. The van der Waals surface area contributed by atoms with Crippen LogP contribution in [0.2, 0.25) is 0 Å². The first kappa shape index (κ1) is 63.5. The van der Waals surface area contributed by atoms with E-state index in [4.69, 9.17) is 14.2 Å². The Hall–Kier alpha value is -2.49. The molecule has 0 aromatic carbocycles. The number of hydrogen-bond acceptors (Lipinski definition) is 9. The highest BCUT2D eigenvalue weighted by molar-refractivity contribution is 5.71. The molecule has 0 amide bonds. The molecule has 0 aromatic rings. The summed E-state index contributed by atoms with van der Waals surface area (Å²) in [6, 6.07) is 0. The minimum Gasteiger partial charge on any atom is -0.462 e. The molecular weight excluding hydrogens is 829 g/mol. The van der Waals surface area contributed by atoms with Gasteiger partial charge in [0.1, 0.15) is 13.2 Å². The number of aliphatic hydroxyl groups is 3. The van der Waals surface area contributed by atoms with Gasteiger partial charge in [0.2, 0.25) is 0 Å². The number of aliphatic hydroxyl groups excluding tert-OH is 3. The molecule has 0 heterocycles. The Morgan fingerprint density at radius 3 is 0.985 bits per heavy atom. The first-order valence-electron chi connectivity index (χ1n) is 27.7. The van der Waals surface area contributed by atoms with E-state index in [1.54, 1.807) is 0 Å². The molecule has 0 saturated heterocycles. The first-order valence-corrected chi connectivity index (χ1v) is 27.7. The molecule has 0 aliphatic carbocycles. The molecule has 0 aromatic heterocycles. The van der Waals surface area contributed by atoms with Crippen LogP contribution in [0.15, 0.2) is 36.5 Å². The van der Waals surface area contributed by atoms with Crippen molar-refractivity contribution in [3.63, 3.8) is 0 Å². The van der Waals surface area contributed by atoms with Crippen molar-refractivity contribution in [1.82, 2.24) is 0 Å². The van der Waals surface area contributed by atoms with E-state index in [-0.39, 0.29) is 55.9 Å². The van der Waals surface area contributed by atoms with Crippen LogP contribution in [0.1, 0.15) is 271 Å². The zero-order valence-corrected chi connectivity index (χ0v) is 43.1. The van der Waals surface area contributed by atoms with Crippen molar-refractivity contribution in [2.24, 2.45) is 0 Å². The maximum Gasteiger partial charge on any atom is 0.306 e. The predicted molar refractivity (Wildman–Crippen MR) is 274 cm³/mol. The molecule has 0 aliphatic heterocycles. The van der Waals surface area contributed by atoms with E-state index in [0.717, 1.165) is 167 Å². The molecule has 9 heteroatoms. The fourth-order valence-corrected chi connectivity index (χ4v) is 7.95. The molecule has 9 nitrogen and oxygen atoms in total. The predicted octanol–water partition coefficient (Wildman–Crippen LogP) is 15.0. The lowest BCUT2D eigenvalue weighted by Gasteiger charge is -2.18. The molecule has 66 heavy (non-hydrogen) atoms. The molecule has 0 saturated carbocycles. The molecule has 386 valence electrons. The summed E-state index contributed by atoms with van der Waals surface area (Å²) in [5, 5.41) is 30.4. The largest absolute Gasteiger partial charge is 0.462 e. The van der Waals surface area contributed by atoms with Gasteiger partial charge < -0.3 is 29.5 Å². The maximum absolute atomic E-state index is 12.8. The summed E-state index contributed by atoms with van der Waals surface area (Å²) in [5.74, 6) is -1.04. The third kappa shape index (κ3) is 48.0. The van der Waals surface area contributed by atoms with Crippen molar-refractivity contribution < 1.29 is 43.9 Å². The first-order chi connectivity index (χ1) is 32.2. The molecule has 0 radical (unpaired) electrons. The summed E-state index contributed by atoms with van der Waals surface area (Å²) in [5.41, 5.74) is 0. The molecule has 0 bridgehead atoms. The lowest BCUT2D eigenvalue weighted by molar-refractivity contribution is -0.167. The van der Waals surface area contributed by atoms with Gasteiger partial charge in [-0.15, -0.1) is 0 Å². The average Bonchev–Trinajstić information content (AvgIpc) is 3.30. The number of allylic oxidation sites excluding steroid dienone is 3. The van der Waals surface area contributed by atoms with Gasteiger partial charge >= 0.3 is 17.9 Å². The Balaban J connectivity index is 4.51. The number of esters is 3. The Morgan fingerprint density at radius 2 is 0.652 bits per heavy atom. The quantitative estimate of drug-likeness (QED) is 0.0235. The third-order valence-corrected chi connectivity index (χ3v) is 12.3. The van der Waals surface area contributed by atoms with Gasteiger partial charge in [0.25, 0.3) is 0 Å². The van der Waals surface area contributed by atoms with E-state index in [2.05, 4.69) is 57.2 Å². The monoisotopic (exact) mass is 933 g/mol. The number of rotatable bonds is 50. The second kappa shape index (κ2) is 50.4. The van der Waals surface area contributed by atoms with Crippen molar-refractivity contribution in [2.75, 3.05) is 13.2 Å². The second-order valence-corrected chi connectivity index (χ2v) is 19.0. The number of carbonyl (C=O) groups excluding carboxylic acids is 3. The molecule has 0 rings (SSSR count). The van der Waals surface area contributed by atoms with Crippen LogP contribution in [0.5, 0.6) is 0 Å². The molecule has 0 spiro atoms. The van der Waals surface area contributed by atoms with E-state index in [0.29, 0.717) is 19.3 Å². The summed E-state index contributed by atoms with van der Waals surface area (Å²) < 4.78 is 16.7. The van der Waals surface area contributed by atoms with Crippen molar-refractivity contribution in [3.8, 4) is 0 Å². The normalized spacial score (nSPS) is 13.7. The summed E-state index contributed by atoms with van der Waals surface area (Å²) in [7, 11) is 0. The van der Waals surface area contributed by atoms with Crippen LogP contribution in [0.25, 0.3) is 0 Å². The van der Waals surface area contributed by atoms with Crippen LogP contribution in [0, 0.1) is 0 Å². The lowest BCUT2D eigenvalue weighted by Crippen LogP contribution is -2.30. The van der Waals surface area contributed by atoms with E-state index < -0.39 is 6.10 Å². The Morgan fingerprint density at radius 1 is 0.364 bits per heavy atom.